The third-order valence-corrected chi connectivity index (χ3v) is 5.08. The third kappa shape index (κ3) is 3.11. The molecule has 2 aliphatic carbocycles. The Morgan fingerprint density at radius 2 is 1.88 bits per heavy atom. The van der Waals surface area contributed by atoms with Gasteiger partial charge in [-0.05, 0) is 36.5 Å². The lowest BCUT2D eigenvalue weighted by molar-refractivity contribution is -0.140. The number of rotatable bonds is 5. The maximum atomic E-state index is 12.3. The number of hydrogen-bond acceptors (Lipinski definition) is 3. The highest BCUT2D eigenvalue weighted by Crippen LogP contribution is 2.58. The van der Waals surface area contributed by atoms with Gasteiger partial charge in [-0.2, -0.15) is 0 Å². The lowest BCUT2D eigenvalue weighted by atomic mass is 10.1. The normalized spacial score (nSPS) is 24.1. The van der Waals surface area contributed by atoms with Crippen molar-refractivity contribution < 1.29 is 19.5 Å². The number of carboxylic acids is 1. The molecule has 3 rings (SSSR count). The van der Waals surface area contributed by atoms with Gasteiger partial charge < -0.3 is 15.7 Å². The summed E-state index contributed by atoms with van der Waals surface area (Å²) in [6, 6.07) is 4.89. The Kier molecular flexibility index (Phi) is 4.03. The third-order valence-electron chi connectivity index (χ3n) is 4.77. The second-order valence-electron chi connectivity index (χ2n) is 7.05. The molecule has 2 aliphatic rings. The van der Waals surface area contributed by atoms with E-state index in [1.54, 1.807) is 26.0 Å². The smallest absolute Gasteiger partial charge is 0.307 e. The summed E-state index contributed by atoms with van der Waals surface area (Å²) in [6.45, 7) is 3.52. The van der Waals surface area contributed by atoms with E-state index in [1.807, 2.05) is 0 Å². The molecule has 0 heterocycles. The van der Waals surface area contributed by atoms with E-state index in [4.69, 9.17) is 16.7 Å². The zero-order valence-electron chi connectivity index (χ0n) is 13.4. The topological polar surface area (TPSA) is 95.5 Å². The number of nitrogens with one attached hydrogen (secondary N) is 2. The Labute approximate surface area is 144 Å². The van der Waals surface area contributed by atoms with Gasteiger partial charge in [-0.15, -0.1) is 0 Å². The molecule has 2 fully saturated rings. The maximum Gasteiger partial charge on any atom is 0.307 e. The van der Waals surface area contributed by atoms with Crippen LogP contribution in [-0.2, 0) is 9.59 Å². The predicted molar refractivity (Wildman–Crippen MR) is 89.0 cm³/mol. The van der Waals surface area contributed by atoms with Crippen LogP contribution >= 0.6 is 11.6 Å². The molecule has 2 saturated carbocycles. The van der Waals surface area contributed by atoms with Crippen LogP contribution in [0.3, 0.4) is 0 Å². The molecule has 0 bridgehead atoms. The number of carbonyl (C=O) groups excluding carboxylic acids is 2. The summed E-state index contributed by atoms with van der Waals surface area (Å²) in [6.07, 6.45) is 1.97. The van der Waals surface area contributed by atoms with Gasteiger partial charge in [0.25, 0.3) is 5.91 Å². The number of anilines is 1. The Bertz CT molecular complexity index is 727. The van der Waals surface area contributed by atoms with Gasteiger partial charge in [-0.3, -0.25) is 14.4 Å². The first kappa shape index (κ1) is 16.8. The van der Waals surface area contributed by atoms with Crippen molar-refractivity contribution >= 4 is 35.1 Å². The minimum Gasteiger partial charge on any atom is -0.481 e. The van der Waals surface area contributed by atoms with E-state index in [9.17, 15) is 14.4 Å². The van der Waals surface area contributed by atoms with E-state index in [0.29, 0.717) is 11.3 Å². The van der Waals surface area contributed by atoms with E-state index in [1.165, 1.54) is 6.07 Å². The average molecular weight is 351 g/mol. The van der Waals surface area contributed by atoms with Crippen molar-refractivity contribution in [3.05, 3.63) is 28.8 Å². The second-order valence-corrected chi connectivity index (χ2v) is 7.45. The minimum absolute atomic E-state index is 0.227. The van der Waals surface area contributed by atoms with E-state index < -0.39 is 23.2 Å². The maximum absolute atomic E-state index is 12.3. The molecule has 0 aliphatic heterocycles. The van der Waals surface area contributed by atoms with Crippen molar-refractivity contribution in [3.8, 4) is 0 Å². The molecule has 0 radical (unpaired) electrons. The van der Waals surface area contributed by atoms with Gasteiger partial charge in [0.05, 0.1) is 22.4 Å². The van der Waals surface area contributed by atoms with Gasteiger partial charge in [0, 0.05) is 11.7 Å². The summed E-state index contributed by atoms with van der Waals surface area (Å²) in [5, 5.41) is 14.9. The highest BCUT2D eigenvalue weighted by atomic mass is 35.5. The second kappa shape index (κ2) is 5.77. The number of aliphatic carboxylic acids is 1. The molecule has 128 valence electrons. The molecule has 0 unspecified atom stereocenters. The molecular weight excluding hydrogens is 332 g/mol. The highest BCUT2D eigenvalue weighted by Gasteiger charge is 2.65. The number of amides is 2. The van der Waals surface area contributed by atoms with Crippen LogP contribution in [0.15, 0.2) is 18.2 Å². The molecule has 7 heteroatoms. The van der Waals surface area contributed by atoms with Crippen LogP contribution in [0.25, 0.3) is 0 Å². The zero-order chi connectivity index (χ0) is 17.6. The Balaban J connectivity index is 1.67. The van der Waals surface area contributed by atoms with Crippen molar-refractivity contribution in [2.24, 2.45) is 17.3 Å². The monoisotopic (exact) mass is 350 g/mol. The van der Waals surface area contributed by atoms with Crippen LogP contribution in [0, 0.1) is 17.3 Å². The SMILES string of the molecule is CC1(C)[C@H](C(=O)Nc2ccc(C(=O)NC3CC3)c(Cl)c2)[C@@H]1C(=O)O. The quantitative estimate of drug-likeness (QED) is 0.760. The molecule has 6 nitrogen and oxygen atoms in total. The molecule has 0 aromatic heterocycles. The molecule has 3 N–H and O–H groups in total. The van der Waals surface area contributed by atoms with Gasteiger partial charge in [-0.1, -0.05) is 25.4 Å². The van der Waals surface area contributed by atoms with Crippen LogP contribution < -0.4 is 10.6 Å². The van der Waals surface area contributed by atoms with Gasteiger partial charge in [0.2, 0.25) is 5.91 Å². The highest BCUT2D eigenvalue weighted by molar-refractivity contribution is 6.34. The fraction of sp³-hybridized carbons (Fsp3) is 0.471. The summed E-state index contributed by atoms with van der Waals surface area (Å²) < 4.78 is 0. The molecular formula is C17H19ClN2O4. The van der Waals surface area contributed by atoms with E-state index in [0.717, 1.165) is 12.8 Å². The predicted octanol–water partition coefficient (Wildman–Crippen LogP) is 2.53. The number of benzene rings is 1. The van der Waals surface area contributed by atoms with Gasteiger partial charge in [0.1, 0.15) is 0 Å². The van der Waals surface area contributed by atoms with Gasteiger partial charge in [-0.25, -0.2) is 0 Å². The molecule has 0 spiro atoms. The summed E-state index contributed by atoms with van der Waals surface area (Å²) in [5.41, 5.74) is 0.237. The average Bonchev–Trinajstić information content (AvgIpc) is 3.35. The van der Waals surface area contributed by atoms with Crippen LogP contribution in [0.4, 0.5) is 5.69 Å². The molecule has 0 saturated heterocycles. The first-order chi connectivity index (χ1) is 11.2. The Morgan fingerprint density at radius 3 is 2.38 bits per heavy atom. The van der Waals surface area contributed by atoms with Crippen molar-refractivity contribution in [3.63, 3.8) is 0 Å². The summed E-state index contributed by atoms with van der Waals surface area (Å²) in [5.74, 6) is -2.80. The van der Waals surface area contributed by atoms with Crippen LogP contribution in [0.5, 0.6) is 0 Å². The summed E-state index contributed by atoms with van der Waals surface area (Å²) in [7, 11) is 0. The van der Waals surface area contributed by atoms with Crippen LogP contribution in [0.2, 0.25) is 5.02 Å². The van der Waals surface area contributed by atoms with Crippen LogP contribution in [0.1, 0.15) is 37.0 Å². The van der Waals surface area contributed by atoms with Crippen LogP contribution in [-0.4, -0.2) is 28.9 Å². The largest absolute Gasteiger partial charge is 0.481 e. The molecule has 1 aromatic rings. The summed E-state index contributed by atoms with van der Waals surface area (Å²) in [4.78, 5) is 35.5. The standard InChI is InChI=1S/C17H19ClN2O4/c1-17(2)12(13(17)16(23)24)15(22)20-9-5-6-10(11(18)7-9)14(21)19-8-3-4-8/h5-8,12-13H,3-4H2,1-2H3,(H,19,21)(H,20,22)(H,23,24)/t12-,13+/m0/s1. The molecule has 2 atom stereocenters. The van der Waals surface area contributed by atoms with E-state index >= 15 is 0 Å². The lowest BCUT2D eigenvalue weighted by Crippen LogP contribution is -2.25. The van der Waals surface area contributed by atoms with Crippen molar-refractivity contribution in [2.45, 2.75) is 32.7 Å². The van der Waals surface area contributed by atoms with E-state index in [2.05, 4.69) is 10.6 Å². The lowest BCUT2D eigenvalue weighted by Gasteiger charge is -2.09. The van der Waals surface area contributed by atoms with Gasteiger partial charge in [0.15, 0.2) is 0 Å². The fourth-order valence-corrected chi connectivity index (χ4v) is 3.34. The van der Waals surface area contributed by atoms with Crippen molar-refractivity contribution in [1.29, 1.82) is 0 Å². The number of hydrogen-bond donors (Lipinski definition) is 3. The first-order valence-electron chi connectivity index (χ1n) is 7.86. The molecule has 1 aromatic carbocycles. The van der Waals surface area contributed by atoms with Gasteiger partial charge >= 0.3 is 5.97 Å². The minimum atomic E-state index is -0.967. The Hall–Kier alpha value is -2.08. The number of carbonyl (C=O) groups is 3. The Morgan fingerprint density at radius 1 is 1.21 bits per heavy atom. The molecule has 24 heavy (non-hydrogen) atoms. The van der Waals surface area contributed by atoms with Crippen molar-refractivity contribution in [1.82, 2.24) is 5.32 Å². The first-order valence-corrected chi connectivity index (χ1v) is 8.23. The fourth-order valence-electron chi connectivity index (χ4n) is 3.08. The summed E-state index contributed by atoms with van der Waals surface area (Å²) >= 11 is 6.14. The number of halogens is 1. The molecule has 2 amide bonds. The zero-order valence-corrected chi connectivity index (χ0v) is 14.2. The van der Waals surface area contributed by atoms with E-state index in [-0.39, 0.29) is 22.9 Å². The van der Waals surface area contributed by atoms with Crippen molar-refractivity contribution in [2.75, 3.05) is 5.32 Å². The number of carboxylic acid groups (broad SMARTS) is 1.